The Morgan fingerprint density at radius 2 is 2.00 bits per heavy atom. The highest BCUT2D eigenvalue weighted by Crippen LogP contribution is 2.24. The summed E-state index contributed by atoms with van der Waals surface area (Å²) in [5.74, 6) is 1.35. The lowest BCUT2D eigenvalue weighted by atomic mass is 10.2. The molecule has 0 aliphatic heterocycles. The van der Waals surface area contributed by atoms with Crippen LogP contribution in [0.4, 0.5) is 21.7 Å². The molecule has 1 aromatic heterocycles. The molecule has 0 unspecified atom stereocenters. The summed E-state index contributed by atoms with van der Waals surface area (Å²) in [6, 6.07) is 4.90. The maximum atomic E-state index is 13.8. The lowest BCUT2D eigenvalue weighted by molar-refractivity contribution is 0.631. The van der Waals surface area contributed by atoms with Gasteiger partial charge in [-0.2, -0.15) is 0 Å². The van der Waals surface area contributed by atoms with E-state index in [1.54, 1.807) is 12.1 Å². The SMILES string of the molecule is CCCc1nc(N)c(C)c(Nc2cc(C)ccc2F)n1. The zero-order chi connectivity index (χ0) is 14.7. The molecular formula is C15H19FN4. The van der Waals surface area contributed by atoms with Gasteiger partial charge in [0, 0.05) is 12.0 Å². The molecule has 1 aromatic carbocycles. The van der Waals surface area contributed by atoms with Crippen molar-refractivity contribution in [2.24, 2.45) is 0 Å². The van der Waals surface area contributed by atoms with Gasteiger partial charge in [0.1, 0.15) is 23.3 Å². The molecular weight excluding hydrogens is 255 g/mol. The molecule has 0 amide bonds. The first-order valence-electron chi connectivity index (χ1n) is 6.67. The van der Waals surface area contributed by atoms with E-state index in [0.717, 1.165) is 24.0 Å². The molecule has 0 fully saturated rings. The van der Waals surface area contributed by atoms with Crippen molar-refractivity contribution in [2.45, 2.75) is 33.6 Å². The van der Waals surface area contributed by atoms with Gasteiger partial charge in [0.15, 0.2) is 0 Å². The number of nitrogen functional groups attached to an aromatic ring is 1. The molecule has 5 heteroatoms. The lowest BCUT2D eigenvalue weighted by Crippen LogP contribution is -2.07. The van der Waals surface area contributed by atoms with Crippen molar-refractivity contribution in [3.05, 3.63) is 41.0 Å². The minimum atomic E-state index is -0.316. The summed E-state index contributed by atoms with van der Waals surface area (Å²) >= 11 is 0. The summed E-state index contributed by atoms with van der Waals surface area (Å²) < 4.78 is 13.8. The molecule has 3 N–H and O–H groups in total. The number of hydrogen-bond acceptors (Lipinski definition) is 4. The second-order valence-electron chi connectivity index (χ2n) is 4.86. The van der Waals surface area contributed by atoms with E-state index in [4.69, 9.17) is 5.73 Å². The van der Waals surface area contributed by atoms with E-state index < -0.39 is 0 Å². The number of benzene rings is 1. The molecule has 2 aromatic rings. The molecule has 0 bridgehead atoms. The average Bonchev–Trinajstić information content (AvgIpc) is 2.40. The molecule has 0 saturated carbocycles. The molecule has 0 atom stereocenters. The summed E-state index contributed by atoms with van der Waals surface area (Å²) in [6.45, 7) is 5.78. The van der Waals surface area contributed by atoms with Crippen LogP contribution in [0.5, 0.6) is 0 Å². The van der Waals surface area contributed by atoms with E-state index in [0.29, 0.717) is 23.1 Å². The maximum Gasteiger partial charge on any atom is 0.146 e. The molecule has 0 aliphatic carbocycles. The first-order chi connectivity index (χ1) is 9.51. The number of rotatable bonds is 4. The second kappa shape index (κ2) is 5.86. The quantitative estimate of drug-likeness (QED) is 0.895. The number of nitrogens with two attached hydrogens (primary N) is 1. The summed E-state index contributed by atoms with van der Waals surface area (Å²) in [5, 5.41) is 3.01. The third kappa shape index (κ3) is 3.04. The van der Waals surface area contributed by atoms with Crippen LogP contribution in [0.25, 0.3) is 0 Å². The fraction of sp³-hybridized carbons (Fsp3) is 0.333. The molecule has 0 saturated heterocycles. The largest absolute Gasteiger partial charge is 0.383 e. The number of hydrogen-bond donors (Lipinski definition) is 2. The Morgan fingerprint density at radius 3 is 2.70 bits per heavy atom. The molecule has 1 heterocycles. The van der Waals surface area contributed by atoms with Crippen LogP contribution in [0.15, 0.2) is 18.2 Å². The van der Waals surface area contributed by atoms with Crippen molar-refractivity contribution in [2.75, 3.05) is 11.1 Å². The van der Waals surface area contributed by atoms with Crippen molar-refractivity contribution in [3.8, 4) is 0 Å². The van der Waals surface area contributed by atoms with Gasteiger partial charge in [0.25, 0.3) is 0 Å². The fourth-order valence-electron chi connectivity index (χ4n) is 1.90. The Balaban J connectivity index is 2.39. The van der Waals surface area contributed by atoms with Gasteiger partial charge in [-0.3, -0.25) is 0 Å². The van der Waals surface area contributed by atoms with Gasteiger partial charge in [-0.05, 0) is 38.0 Å². The minimum Gasteiger partial charge on any atom is -0.383 e. The highest BCUT2D eigenvalue weighted by Gasteiger charge is 2.10. The predicted octanol–water partition coefficient (Wildman–Crippen LogP) is 3.51. The van der Waals surface area contributed by atoms with Crippen LogP contribution in [0, 0.1) is 19.7 Å². The van der Waals surface area contributed by atoms with E-state index >= 15 is 0 Å². The number of anilines is 3. The van der Waals surface area contributed by atoms with Crippen molar-refractivity contribution >= 4 is 17.3 Å². The smallest absolute Gasteiger partial charge is 0.146 e. The van der Waals surface area contributed by atoms with Gasteiger partial charge in [0.05, 0.1) is 5.69 Å². The molecule has 4 nitrogen and oxygen atoms in total. The second-order valence-corrected chi connectivity index (χ2v) is 4.86. The van der Waals surface area contributed by atoms with E-state index in [1.165, 1.54) is 6.07 Å². The lowest BCUT2D eigenvalue weighted by Gasteiger charge is -2.13. The summed E-state index contributed by atoms with van der Waals surface area (Å²) in [5.41, 5.74) is 7.99. The molecule has 20 heavy (non-hydrogen) atoms. The van der Waals surface area contributed by atoms with Crippen LogP contribution < -0.4 is 11.1 Å². The molecule has 106 valence electrons. The Labute approximate surface area is 118 Å². The van der Waals surface area contributed by atoms with Crippen LogP contribution >= 0.6 is 0 Å². The van der Waals surface area contributed by atoms with Gasteiger partial charge in [-0.1, -0.05) is 13.0 Å². The van der Waals surface area contributed by atoms with Gasteiger partial charge < -0.3 is 11.1 Å². The third-order valence-electron chi connectivity index (χ3n) is 3.08. The van der Waals surface area contributed by atoms with E-state index in [-0.39, 0.29) is 5.82 Å². The highest BCUT2D eigenvalue weighted by molar-refractivity contribution is 5.64. The van der Waals surface area contributed by atoms with Gasteiger partial charge in [-0.15, -0.1) is 0 Å². The molecule has 2 rings (SSSR count). The Morgan fingerprint density at radius 1 is 1.25 bits per heavy atom. The van der Waals surface area contributed by atoms with Crippen LogP contribution in [-0.4, -0.2) is 9.97 Å². The molecule has 0 aliphatic rings. The normalized spacial score (nSPS) is 10.6. The summed E-state index contributed by atoms with van der Waals surface area (Å²) in [6.07, 6.45) is 1.68. The van der Waals surface area contributed by atoms with Crippen LogP contribution in [0.2, 0.25) is 0 Å². The number of aryl methyl sites for hydroxylation is 2. The fourth-order valence-corrected chi connectivity index (χ4v) is 1.90. The number of nitrogens with zero attached hydrogens (tertiary/aromatic N) is 2. The topological polar surface area (TPSA) is 63.8 Å². The Bertz CT molecular complexity index is 626. The van der Waals surface area contributed by atoms with Gasteiger partial charge in [0.2, 0.25) is 0 Å². The van der Waals surface area contributed by atoms with E-state index in [1.807, 2.05) is 20.8 Å². The third-order valence-corrected chi connectivity index (χ3v) is 3.08. The summed E-state index contributed by atoms with van der Waals surface area (Å²) in [4.78, 5) is 8.66. The van der Waals surface area contributed by atoms with E-state index in [2.05, 4.69) is 15.3 Å². The van der Waals surface area contributed by atoms with Crippen molar-refractivity contribution in [3.63, 3.8) is 0 Å². The zero-order valence-corrected chi connectivity index (χ0v) is 12.0. The molecule has 0 radical (unpaired) electrons. The minimum absolute atomic E-state index is 0.316. The number of halogens is 1. The van der Waals surface area contributed by atoms with Gasteiger partial charge >= 0.3 is 0 Å². The van der Waals surface area contributed by atoms with E-state index in [9.17, 15) is 4.39 Å². The Kier molecular flexibility index (Phi) is 4.17. The van der Waals surface area contributed by atoms with Gasteiger partial charge in [-0.25, -0.2) is 14.4 Å². The Hall–Kier alpha value is -2.17. The zero-order valence-electron chi connectivity index (χ0n) is 12.0. The monoisotopic (exact) mass is 274 g/mol. The predicted molar refractivity (Wildman–Crippen MR) is 79.6 cm³/mol. The average molecular weight is 274 g/mol. The van der Waals surface area contributed by atoms with Crippen LogP contribution in [0.3, 0.4) is 0 Å². The molecule has 0 spiro atoms. The van der Waals surface area contributed by atoms with Crippen molar-refractivity contribution < 1.29 is 4.39 Å². The maximum absolute atomic E-state index is 13.8. The first-order valence-corrected chi connectivity index (χ1v) is 6.67. The van der Waals surface area contributed by atoms with Crippen molar-refractivity contribution in [1.82, 2.24) is 9.97 Å². The van der Waals surface area contributed by atoms with Crippen LogP contribution in [0.1, 0.15) is 30.3 Å². The highest BCUT2D eigenvalue weighted by atomic mass is 19.1. The number of nitrogens with one attached hydrogen (secondary N) is 1. The standard InChI is InChI=1S/C15H19FN4/c1-4-5-13-19-14(17)10(3)15(20-13)18-12-8-9(2)6-7-11(12)16/h6-8H,4-5H2,1-3H3,(H3,17,18,19,20). The first kappa shape index (κ1) is 14.2. The van der Waals surface area contributed by atoms with Crippen molar-refractivity contribution in [1.29, 1.82) is 0 Å². The summed E-state index contributed by atoms with van der Waals surface area (Å²) in [7, 11) is 0. The number of aromatic nitrogens is 2. The van der Waals surface area contributed by atoms with Crippen LogP contribution in [-0.2, 0) is 6.42 Å².